The number of nitrogens with zero attached hydrogens (tertiary/aromatic N) is 4. The van der Waals surface area contributed by atoms with Gasteiger partial charge < -0.3 is 24.5 Å². The molecule has 1 saturated heterocycles. The molecule has 1 fully saturated rings. The predicted octanol–water partition coefficient (Wildman–Crippen LogP) is 4.90. The Balaban J connectivity index is 1.68. The number of hydrogen-bond donors (Lipinski definition) is 2. The molecule has 1 amide bonds. The van der Waals surface area contributed by atoms with Crippen molar-refractivity contribution in [1.82, 2.24) is 24.4 Å². The lowest BCUT2D eigenvalue weighted by Crippen LogP contribution is -2.58. The van der Waals surface area contributed by atoms with Crippen molar-refractivity contribution >= 4 is 45.4 Å². The van der Waals surface area contributed by atoms with E-state index in [1.807, 2.05) is 27.7 Å². The van der Waals surface area contributed by atoms with Crippen molar-refractivity contribution in [3.8, 4) is 11.1 Å². The molecule has 3 atom stereocenters. The molecular weight excluding hydrogens is 628 g/mol. The number of rotatable bonds is 5. The number of piperazine rings is 1. The summed E-state index contributed by atoms with van der Waals surface area (Å²) in [6, 6.07) is 2.46. The van der Waals surface area contributed by atoms with E-state index in [1.165, 1.54) is 16.7 Å². The lowest BCUT2D eigenvalue weighted by molar-refractivity contribution is -0.137. The van der Waals surface area contributed by atoms with Crippen LogP contribution in [0.4, 0.5) is 23.4 Å². The van der Waals surface area contributed by atoms with Gasteiger partial charge in [0, 0.05) is 52.3 Å². The molecule has 4 aromatic rings. The van der Waals surface area contributed by atoms with Crippen LogP contribution in [-0.2, 0) is 22.3 Å². The zero-order valence-electron chi connectivity index (χ0n) is 25.5. The number of anilines is 1. The average Bonchev–Trinajstić information content (AvgIpc) is 3.27. The van der Waals surface area contributed by atoms with Gasteiger partial charge in [0.25, 0.3) is 0 Å². The van der Waals surface area contributed by atoms with Gasteiger partial charge in [0.05, 0.1) is 35.3 Å². The number of ether oxygens (including phenoxy) is 1. The SMILES string of the molecule is C=CC(=O)N1[C@H](C)CN(c2nc(=O)n3c4c(c(-c5ccc(F)c6[nH]c(=O)[nH]c56)c(C(F)(F)F)cc24)SCC(OC(C)C)C3)C[C@@H]1C. The maximum absolute atomic E-state index is 15.1. The highest BCUT2D eigenvalue weighted by Gasteiger charge is 2.40. The van der Waals surface area contributed by atoms with Crippen molar-refractivity contribution in [1.29, 1.82) is 0 Å². The number of aromatic amines is 2. The Morgan fingerprint density at radius 1 is 1.13 bits per heavy atom. The van der Waals surface area contributed by atoms with E-state index in [-0.39, 0.29) is 93.3 Å². The molecular formula is C31H32F4N6O4S. The first-order valence-electron chi connectivity index (χ1n) is 14.8. The van der Waals surface area contributed by atoms with Gasteiger partial charge in [-0.2, -0.15) is 18.2 Å². The minimum atomic E-state index is -4.90. The van der Waals surface area contributed by atoms with Crippen LogP contribution < -0.4 is 16.3 Å². The van der Waals surface area contributed by atoms with Crippen LogP contribution in [0, 0.1) is 5.82 Å². The molecule has 6 rings (SSSR count). The van der Waals surface area contributed by atoms with E-state index in [2.05, 4.69) is 21.5 Å². The maximum Gasteiger partial charge on any atom is 0.417 e. The van der Waals surface area contributed by atoms with Crippen LogP contribution in [0.15, 0.2) is 45.3 Å². The number of carbonyl (C=O) groups excluding carboxylic acids is 1. The number of benzene rings is 2. The third-order valence-corrected chi connectivity index (χ3v) is 9.54. The first-order valence-corrected chi connectivity index (χ1v) is 15.8. The van der Waals surface area contributed by atoms with Crippen molar-refractivity contribution < 1.29 is 27.1 Å². The molecule has 4 heterocycles. The highest BCUT2D eigenvalue weighted by Crippen LogP contribution is 2.49. The normalized spacial score (nSPS) is 20.5. The summed E-state index contributed by atoms with van der Waals surface area (Å²) < 4.78 is 67.6. The summed E-state index contributed by atoms with van der Waals surface area (Å²) in [5, 5.41) is 0.104. The molecule has 244 valence electrons. The molecule has 0 saturated carbocycles. The van der Waals surface area contributed by atoms with Crippen LogP contribution in [0.2, 0.25) is 0 Å². The van der Waals surface area contributed by atoms with Crippen molar-refractivity contribution in [2.75, 3.05) is 23.7 Å². The van der Waals surface area contributed by atoms with Gasteiger partial charge in [-0.05, 0) is 52.0 Å². The molecule has 0 radical (unpaired) electrons. The highest BCUT2D eigenvalue weighted by atomic mass is 32.2. The largest absolute Gasteiger partial charge is 0.417 e. The fourth-order valence-corrected chi connectivity index (χ4v) is 7.92. The molecule has 10 nitrogen and oxygen atoms in total. The number of fused-ring (bicyclic) bond motifs is 1. The number of H-pyrrole nitrogens is 2. The molecule has 2 aliphatic rings. The van der Waals surface area contributed by atoms with E-state index in [9.17, 15) is 18.8 Å². The van der Waals surface area contributed by atoms with Gasteiger partial charge in [-0.25, -0.2) is 14.0 Å². The second kappa shape index (κ2) is 11.6. The van der Waals surface area contributed by atoms with Crippen LogP contribution in [0.25, 0.3) is 33.1 Å². The first kappa shape index (κ1) is 31.9. The van der Waals surface area contributed by atoms with E-state index in [0.29, 0.717) is 0 Å². The van der Waals surface area contributed by atoms with Crippen molar-refractivity contribution in [3.63, 3.8) is 0 Å². The fourth-order valence-electron chi connectivity index (χ4n) is 6.67. The zero-order chi connectivity index (χ0) is 33.2. The highest BCUT2D eigenvalue weighted by molar-refractivity contribution is 7.99. The Labute approximate surface area is 264 Å². The minimum absolute atomic E-state index is 0.0415. The average molecular weight is 661 g/mol. The van der Waals surface area contributed by atoms with Gasteiger partial charge in [-0.15, -0.1) is 11.8 Å². The number of amides is 1. The van der Waals surface area contributed by atoms with Crippen LogP contribution in [0.3, 0.4) is 0 Å². The second-order valence-electron chi connectivity index (χ2n) is 11.9. The molecule has 0 spiro atoms. The molecule has 0 bridgehead atoms. The number of thioether (sulfide) groups is 1. The zero-order valence-corrected chi connectivity index (χ0v) is 26.3. The Morgan fingerprint density at radius 2 is 1.80 bits per heavy atom. The van der Waals surface area contributed by atoms with E-state index < -0.39 is 35.0 Å². The number of hydrogen-bond acceptors (Lipinski definition) is 7. The minimum Gasteiger partial charge on any atom is -0.373 e. The number of aromatic nitrogens is 4. The van der Waals surface area contributed by atoms with Gasteiger partial charge in [-0.3, -0.25) is 9.36 Å². The maximum atomic E-state index is 15.1. The number of carbonyl (C=O) groups is 1. The van der Waals surface area contributed by atoms with E-state index in [4.69, 9.17) is 4.74 Å². The van der Waals surface area contributed by atoms with Crippen LogP contribution in [0.1, 0.15) is 33.3 Å². The number of halogens is 4. The Bertz CT molecular complexity index is 1990. The van der Waals surface area contributed by atoms with Crippen molar-refractivity contribution in [2.45, 2.75) is 69.6 Å². The third-order valence-electron chi connectivity index (χ3n) is 8.32. The summed E-state index contributed by atoms with van der Waals surface area (Å²) >= 11 is 1.10. The molecule has 15 heteroatoms. The predicted molar refractivity (Wildman–Crippen MR) is 168 cm³/mol. The van der Waals surface area contributed by atoms with Crippen LogP contribution in [0.5, 0.6) is 0 Å². The molecule has 2 aromatic carbocycles. The molecule has 1 unspecified atom stereocenters. The summed E-state index contributed by atoms with van der Waals surface area (Å²) in [5.41, 5.74) is -2.97. The third kappa shape index (κ3) is 5.38. The molecule has 46 heavy (non-hydrogen) atoms. The number of alkyl halides is 3. The van der Waals surface area contributed by atoms with Crippen LogP contribution >= 0.6 is 11.8 Å². The standard InChI is InChI=1S/C31H32F4N6O4S/c1-6-22(42)41-15(4)10-39(11-16(41)5)28-19-9-20(31(33,34)35)23(18-7-8-21(32)25-24(18)36-29(43)37-25)27-26(19)40(30(44)38-28)12-17(13-46-27)45-14(2)3/h6-9,14-17H,1,10-13H2,2-5H3,(H2,36,37,43)/t15-,16+,17?. The van der Waals surface area contributed by atoms with Crippen molar-refractivity contribution in [3.05, 3.63) is 63.2 Å². The van der Waals surface area contributed by atoms with E-state index >= 15 is 13.2 Å². The summed E-state index contributed by atoms with van der Waals surface area (Å²) in [5.74, 6) is -0.799. The Kier molecular flexibility index (Phi) is 8.03. The lowest BCUT2D eigenvalue weighted by atomic mass is 9.95. The molecule has 2 N–H and O–H groups in total. The smallest absolute Gasteiger partial charge is 0.373 e. The molecule has 2 aromatic heterocycles. The molecule has 0 aliphatic carbocycles. The van der Waals surface area contributed by atoms with Gasteiger partial charge in [0.1, 0.15) is 17.2 Å². The van der Waals surface area contributed by atoms with Gasteiger partial charge in [0.15, 0.2) is 0 Å². The quantitative estimate of drug-likeness (QED) is 0.231. The topological polar surface area (TPSA) is 116 Å². The van der Waals surface area contributed by atoms with Gasteiger partial charge in [-0.1, -0.05) is 6.58 Å². The van der Waals surface area contributed by atoms with E-state index in [1.54, 1.807) is 9.80 Å². The Morgan fingerprint density at radius 3 is 2.43 bits per heavy atom. The fraction of sp³-hybridized carbons (Fsp3) is 0.419. The summed E-state index contributed by atoms with van der Waals surface area (Å²) in [6.07, 6.45) is -4.45. The lowest BCUT2D eigenvalue weighted by Gasteiger charge is -2.44. The molecule has 2 aliphatic heterocycles. The van der Waals surface area contributed by atoms with Crippen LogP contribution in [-0.4, -0.2) is 73.5 Å². The summed E-state index contributed by atoms with van der Waals surface area (Å²) in [6.45, 7) is 11.3. The Hall–Kier alpha value is -4.11. The van der Waals surface area contributed by atoms with Gasteiger partial charge >= 0.3 is 17.6 Å². The monoisotopic (exact) mass is 660 g/mol. The summed E-state index contributed by atoms with van der Waals surface area (Å²) in [4.78, 5) is 51.3. The van der Waals surface area contributed by atoms with Gasteiger partial charge in [0.2, 0.25) is 5.91 Å². The van der Waals surface area contributed by atoms with Crippen molar-refractivity contribution in [2.24, 2.45) is 0 Å². The van der Waals surface area contributed by atoms with E-state index in [0.717, 1.165) is 23.9 Å². The second-order valence-corrected chi connectivity index (χ2v) is 13.0. The summed E-state index contributed by atoms with van der Waals surface area (Å²) in [7, 11) is 0. The number of nitrogens with one attached hydrogen (secondary N) is 2. The first-order chi connectivity index (χ1) is 21.7. The number of imidazole rings is 1.